The van der Waals surface area contributed by atoms with Crippen molar-refractivity contribution >= 4 is 32.7 Å². The molecule has 0 saturated carbocycles. The number of hydrogen-bond acceptors (Lipinski definition) is 5. The highest BCUT2D eigenvalue weighted by Crippen LogP contribution is 2.20. The first-order valence-corrected chi connectivity index (χ1v) is 11.6. The van der Waals surface area contributed by atoms with E-state index < -0.39 is 10.0 Å². The average molecular weight is 418 g/mol. The van der Waals surface area contributed by atoms with Crippen LogP contribution in [-0.2, 0) is 16.6 Å². The second-order valence-electron chi connectivity index (χ2n) is 6.51. The summed E-state index contributed by atoms with van der Waals surface area (Å²) in [6.07, 6.45) is 0.473. The van der Waals surface area contributed by atoms with Crippen molar-refractivity contribution in [1.82, 2.24) is 14.3 Å². The predicted octanol–water partition coefficient (Wildman–Crippen LogP) is 2.78. The zero-order valence-electron chi connectivity index (χ0n) is 15.9. The lowest BCUT2D eigenvalue weighted by Crippen LogP contribution is -2.24. The van der Waals surface area contributed by atoms with Crippen molar-refractivity contribution in [3.05, 3.63) is 70.0 Å². The molecule has 2 aromatic carbocycles. The van der Waals surface area contributed by atoms with E-state index >= 15 is 0 Å². The van der Waals surface area contributed by atoms with Gasteiger partial charge in [-0.05, 0) is 38.1 Å². The lowest BCUT2D eigenvalue weighted by Gasteiger charge is -2.13. The fourth-order valence-electron chi connectivity index (χ4n) is 2.79. The summed E-state index contributed by atoms with van der Waals surface area (Å²) in [6.45, 7) is 2.45. The Kier molecular flexibility index (Phi) is 6.53. The molecule has 0 bridgehead atoms. The number of aromatic nitrogens is 2. The van der Waals surface area contributed by atoms with E-state index in [0.29, 0.717) is 34.8 Å². The summed E-state index contributed by atoms with van der Waals surface area (Å²) in [5.74, 6) is 0.603. The summed E-state index contributed by atoms with van der Waals surface area (Å²) in [6, 6.07) is 15.3. The maximum absolute atomic E-state index is 13.1. The smallest absolute Gasteiger partial charge is 0.262 e. The molecule has 0 aliphatic rings. The van der Waals surface area contributed by atoms with Crippen LogP contribution in [-0.4, -0.2) is 36.5 Å². The van der Waals surface area contributed by atoms with E-state index in [9.17, 15) is 13.2 Å². The Morgan fingerprint density at radius 2 is 1.82 bits per heavy atom. The number of nitrogens with one attached hydrogen (secondary N) is 1. The van der Waals surface area contributed by atoms with Gasteiger partial charge >= 0.3 is 0 Å². The number of aryl methyl sites for hydroxylation is 1. The molecule has 0 aliphatic heterocycles. The fraction of sp³-hybridized carbons (Fsp3) is 0.300. The third-order valence-electron chi connectivity index (χ3n) is 4.39. The number of thioether (sulfide) groups is 1. The molecular weight excluding hydrogens is 394 g/mol. The molecule has 0 aliphatic carbocycles. The molecule has 148 valence electrons. The number of rotatable bonds is 8. The minimum atomic E-state index is -3.23. The maximum Gasteiger partial charge on any atom is 0.262 e. The van der Waals surface area contributed by atoms with Gasteiger partial charge in [0.05, 0.1) is 23.2 Å². The van der Waals surface area contributed by atoms with Crippen molar-refractivity contribution in [3.8, 4) is 0 Å². The molecule has 3 rings (SSSR count). The molecule has 28 heavy (non-hydrogen) atoms. The van der Waals surface area contributed by atoms with E-state index in [0.717, 1.165) is 11.1 Å². The molecule has 1 aromatic heterocycles. The quantitative estimate of drug-likeness (QED) is 0.346. The fourth-order valence-corrected chi connectivity index (χ4v) is 4.64. The minimum Gasteiger partial charge on any atom is -0.283 e. The van der Waals surface area contributed by atoms with Crippen molar-refractivity contribution in [2.75, 3.05) is 18.6 Å². The van der Waals surface area contributed by atoms with Gasteiger partial charge in [-0.25, -0.2) is 18.1 Å². The molecule has 8 heteroatoms. The van der Waals surface area contributed by atoms with E-state index in [2.05, 4.69) is 9.71 Å². The molecule has 1 N–H and O–H groups in total. The second-order valence-corrected chi connectivity index (χ2v) is 9.62. The van der Waals surface area contributed by atoms with Gasteiger partial charge in [-0.15, -0.1) is 0 Å². The standard InChI is InChI=1S/C20H23N3O3S2/c1-15-8-10-16(11-9-15)14-23-19(24)17-6-3-4-7-18(17)22-20(23)27-12-5-13-28(25,26)21-2/h3-4,6-11,21H,5,12-14H2,1-2H3. The molecule has 1 heterocycles. The van der Waals surface area contributed by atoms with Crippen LogP contribution in [0.4, 0.5) is 0 Å². The van der Waals surface area contributed by atoms with Gasteiger partial charge in [0.15, 0.2) is 5.16 Å². The summed E-state index contributed by atoms with van der Waals surface area (Å²) in [5, 5.41) is 1.18. The molecule has 0 fully saturated rings. The van der Waals surface area contributed by atoms with Gasteiger partial charge in [0.25, 0.3) is 5.56 Å². The van der Waals surface area contributed by atoms with Gasteiger partial charge in [-0.2, -0.15) is 0 Å². The van der Waals surface area contributed by atoms with Crippen molar-refractivity contribution < 1.29 is 8.42 Å². The van der Waals surface area contributed by atoms with Gasteiger partial charge in [-0.3, -0.25) is 9.36 Å². The Morgan fingerprint density at radius 1 is 1.11 bits per heavy atom. The zero-order chi connectivity index (χ0) is 20.1. The van der Waals surface area contributed by atoms with Crippen LogP contribution in [0.2, 0.25) is 0 Å². The number of hydrogen-bond donors (Lipinski definition) is 1. The van der Waals surface area contributed by atoms with Crippen molar-refractivity contribution in [3.63, 3.8) is 0 Å². The topological polar surface area (TPSA) is 81.1 Å². The largest absolute Gasteiger partial charge is 0.283 e. The summed E-state index contributed by atoms with van der Waals surface area (Å²) >= 11 is 1.41. The number of benzene rings is 2. The van der Waals surface area contributed by atoms with Gasteiger partial charge in [0.1, 0.15) is 0 Å². The number of nitrogens with zero attached hydrogens (tertiary/aromatic N) is 2. The van der Waals surface area contributed by atoms with Crippen LogP contribution in [0, 0.1) is 6.92 Å². The van der Waals surface area contributed by atoms with Crippen LogP contribution in [0.15, 0.2) is 58.5 Å². The van der Waals surface area contributed by atoms with Crippen molar-refractivity contribution in [1.29, 1.82) is 0 Å². The Morgan fingerprint density at radius 3 is 2.54 bits per heavy atom. The zero-order valence-corrected chi connectivity index (χ0v) is 17.5. The van der Waals surface area contributed by atoms with Crippen LogP contribution < -0.4 is 10.3 Å². The lowest BCUT2D eigenvalue weighted by atomic mass is 10.1. The predicted molar refractivity (Wildman–Crippen MR) is 114 cm³/mol. The monoisotopic (exact) mass is 417 g/mol. The summed E-state index contributed by atoms with van der Waals surface area (Å²) in [5.41, 5.74) is 2.74. The minimum absolute atomic E-state index is 0.0479. The van der Waals surface area contributed by atoms with E-state index in [4.69, 9.17) is 0 Å². The molecule has 0 amide bonds. The third kappa shape index (κ3) is 5.01. The summed E-state index contributed by atoms with van der Waals surface area (Å²) in [7, 11) is -1.82. The van der Waals surface area contributed by atoms with Crippen LogP contribution in [0.3, 0.4) is 0 Å². The molecule has 6 nitrogen and oxygen atoms in total. The first kappa shape index (κ1) is 20.6. The Bertz CT molecular complexity index is 1120. The normalized spacial score (nSPS) is 11.8. The van der Waals surface area contributed by atoms with Crippen LogP contribution >= 0.6 is 11.8 Å². The highest BCUT2D eigenvalue weighted by atomic mass is 32.2. The van der Waals surface area contributed by atoms with E-state index in [-0.39, 0.29) is 11.3 Å². The molecular formula is C20H23N3O3S2. The van der Waals surface area contributed by atoms with E-state index in [1.54, 1.807) is 10.6 Å². The molecule has 0 unspecified atom stereocenters. The average Bonchev–Trinajstić information content (AvgIpc) is 2.69. The van der Waals surface area contributed by atoms with Gasteiger partial charge in [-0.1, -0.05) is 53.7 Å². The Balaban J connectivity index is 1.90. The number of para-hydroxylation sites is 1. The van der Waals surface area contributed by atoms with E-state index in [1.807, 2.05) is 49.4 Å². The number of sulfonamides is 1. The van der Waals surface area contributed by atoms with Crippen LogP contribution in [0.5, 0.6) is 0 Å². The van der Waals surface area contributed by atoms with Gasteiger partial charge < -0.3 is 0 Å². The maximum atomic E-state index is 13.1. The highest BCUT2D eigenvalue weighted by molar-refractivity contribution is 7.99. The summed E-state index contributed by atoms with van der Waals surface area (Å²) in [4.78, 5) is 17.7. The molecule has 0 radical (unpaired) electrons. The Hall–Kier alpha value is -2.16. The second kappa shape index (κ2) is 8.89. The van der Waals surface area contributed by atoms with Crippen molar-refractivity contribution in [2.45, 2.75) is 25.0 Å². The molecule has 0 spiro atoms. The molecule has 0 atom stereocenters. The summed E-state index contributed by atoms with van der Waals surface area (Å²) < 4.78 is 27.2. The van der Waals surface area contributed by atoms with Gasteiger partial charge in [0.2, 0.25) is 10.0 Å². The first-order chi connectivity index (χ1) is 13.4. The van der Waals surface area contributed by atoms with Crippen molar-refractivity contribution in [2.24, 2.45) is 0 Å². The Labute approximate surface area is 169 Å². The molecule has 3 aromatic rings. The van der Waals surface area contributed by atoms with Crippen LogP contribution in [0.25, 0.3) is 10.9 Å². The number of fused-ring (bicyclic) bond motifs is 1. The van der Waals surface area contributed by atoms with Crippen LogP contribution in [0.1, 0.15) is 17.5 Å². The highest BCUT2D eigenvalue weighted by Gasteiger charge is 2.13. The third-order valence-corrected chi connectivity index (χ3v) is 6.90. The van der Waals surface area contributed by atoms with Gasteiger partial charge in [0, 0.05) is 5.75 Å². The first-order valence-electron chi connectivity index (χ1n) is 8.99. The SMILES string of the molecule is CNS(=O)(=O)CCCSc1nc2ccccc2c(=O)n1Cc1ccc(C)cc1. The van der Waals surface area contributed by atoms with E-state index in [1.165, 1.54) is 18.8 Å². The molecule has 0 saturated heterocycles. The lowest BCUT2D eigenvalue weighted by molar-refractivity contribution is 0.587.